The van der Waals surface area contributed by atoms with Crippen LogP contribution in [0.2, 0.25) is 0 Å². The van der Waals surface area contributed by atoms with E-state index in [9.17, 15) is 9.18 Å². The van der Waals surface area contributed by atoms with Crippen LogP contribution in [0, 0.1) is 5.41 Å². The smallest absolute Gasteiger partial charge is 0.229 e. The standard InChI is InChI=1S/C21H25FN6O/c1-24-9-14(8-23)26-19-25-5-4-17(27-19)13-6-15-2-3-16(7-13)28(15)18(29)20-10-21(22,11-20)12-20/h4-6,8-9,15-16H,2-3,7,10-12,23H2,1H3,(H,25,26,27). The minimum absolute atomic E-state index is 0.0823. The van der Waals surface area contributed by atoms with Gasteiger partial charge in [0.05, 0.1) is 22.8 Å². The summed E-state index contributed by atoms with van der Waals surface area (Å²) in [4.78, 5) is 28.0. The van der Waals surface area contributed by atoms with Crippen molar-refractivity contribution in [3.8, 4) is 0 Å². The van der Waals surface area contributed by atoms with E-state index in [1.807, 2.05) is 11.0 Å². The van der Waals surface area contributed by atoms with E-state index in [0.717, 1.165) is 30.5 Å². The number of aromatic nitrogens is 2. The molecule has 2 aliphatic heterocycles. The second kappa shape index (κ2) is 6.37. The Hall–Kier alpha value is -2.77. The number of halogens is 1. The fourth-order valence-electron chi connectivity index (χ4n) is 5.48. The predicted molar refractivity (Wildman–Crippen MR) is 109 cm³/mol. The van der Waals surface area contributed by atoms with Gasteiger partial charge in [0, 0.05) is 31.7 Å². The maximum absolute atomic E-state index is 13.9. The minimum Gasteiger partial charge on any atom is -0.403 e. The summed E-state index contributed by atoms with van der Waals surface area (Å²) in [6, 6.07) is 2.15. The number of nitrogens with one attached hydrogen (secondary N) is 1. The Morgan fingerprint density at radius 1 is 1.41 bits per heavy atom. The van der Waals surface area contributed by atoms with Crippen LogP contribution in [0.25, 0.3) is 5.57 Å². The number of hydrogen-bond donors (Lipinski definition) is 2. The summed E-state index contributed by atoms with van der Waals surface area (Å²) in [6.45, 7) is 0. The van der Waals surface area contributed by atoms with Crippen molar-refractivity contribution in [2.75, 3.05) is 12.4 Å². The quantitative estimate of drug-likeness (QED) is 0.745. The molecule has 3 saturated carbocycles. The van der Waals surface area contributed by atoms with Gasteiger partial charge in [0.2, 0.25) is 11.9 Å². The highest BCUT2D eigenvalue weighted by Crippen LogP contribution is 2.70. The van der Waals surface area contributed by atoms with Gasteiger partial charge in [0.1, 0.15) is 5.67 Å². The SMILES string of the molecule is CN=CC(=CN)Nc1nccc(C2=CC3CCC(C2)N3C(=O)C23CC(F)(C2)C3)n1. The molecule has 0 spiro atoms. The number of carbonyl (C=O) groups is 1. The number of alkyl halides is 1. The van der Waals surface area contributed by atoms with Crippen molar-refractivity contribution in [3.63, 3.8) is 0 Å². The monoisotopic (exact) mass is 396 g/mol. The zero-order valence-corrected chi connectivity index (χ0v) is 16.4. The molecule has 3 N–H and O–H groups in total. The van der Waals surface area contributed by atoms with Gasteiger partial charge in [0.25, 0.3) is 0 Å². The van der Waals surface area contributed by atoms with Gasteiger partial charge in [0.15, 0.2) is 0 Å². The third kappa shape index (κ3) is 2.84. The van der Waals surface area contributed by atoms with Crippen LogP contribution in [0.15, 0.2) is 35.2 Å². The van der Waals surface area contributed by atoms with Crippen LogP contribution < -0.4 is 11.1 Å². The summed E-state index contributed by atoms with van der Waals surface area (Å²) < 4.78 is 13.9. The van der Waals surface area contributed by atoms with E-state index in [4.69, 9.17) is 5.73 Å². The zero-order chi connectivity index (χ0) is 20.2. The Morgan fingerprint density at radius 2 is 2.21 bits per heavy atom. The number of aliphatic imine (C=N–C) groups is 1. The third-order valence-corrected chi connectivity index (χ3v) is 6.74. The second-order valence-corrected chi connectivity index (χ2v) is 8.77. The Balaban J connectivity index is 1.35. The van der Waals surface area contributed by atoms with E-state index >= 15 is 0 Å². The first-order valence-corrected chi connectivity index (χ1v) is 10.1. The second-order valence-electron chi connectivity index (χ2n) is 8.77. The lowest BCUT2D eigenvalue weighted by Gasteiger charge is -2.65. The average molecular weight is 396 g/mol. The van der Waals surface area contributed by atoms with Gasteiger partial charge < -0.3 is 16.0 Å². The Bertz CT molecular complexity index is 934. The van der Waals surface area contributed by atoms with Crippen molar-refractivity contribution >= 4 is 23.6 Å². The Morgan fingerprint density at radius 3 is 2.86 bits per heavy atom. The fourth-order valence-corrected chi connectivity index (χ4v) is 5.48. The molecule has 6 rings (SSSR count). The van der Waals surface area contributed by atoms with Gasteiger partial charge in [-0.05, 0) is 50.2 Å². The summed E-state index contributed by atoms with van der Waals surface area (Å²) in [6.07, 6.45) is 10.9. The van der Waals surface area contributed by atoms with E-state index in [0.29, 0.717) is 30.9 Å². The highest BCUT2D eigenvalue weighted by atomic mass is 19.1. The first kappa shape index (κ1) is 18.3. The molecule has 0 aromatic carbocycles. The van der Waals surface area contributed by atoms with Crippen LogP contribution >= 0.6 is 0 Å². The summed E-state index contributed by atoms with van der Waals surface area (Å²) in [7, 11) is 1.67. The van der Waals surface area contributed by atoms with Crippen LogP contribution in [0.3, 0.4) is 0 Å². The van der Waals surface area contributed by atoms with Gasteiger partial charge >= 0.3 is 0 Å². The van der Waals surface area contributed by atoms with Crippen molar-refractivity contribution in [2.24, 2.45) is 16.1 Å². The zero-order valence-electron chi connectivity index (χ0n) is 16.4. The van der Waals surface area contributed by atoms with Gasteiger partial charge in [-0.15, -0.1) is 0 Å². The van der Waals surface area contributed by atoms with Crippen molar-refractivity contribution in [1.82, 2.24) is 14.9 Å². The lowest BCUT2D eigenvalue weighted by molar-refractivity contribution is -0.223. The maximum atomic E-state index is 13.9. The summed E-state index contributed by atoms with van der Waals surface area (Å²) in [5.74, 6) is 0.620. The summed E-state index contributed by atoms with van der Waals surface area (Å²) in [5.41, 5.74) is 6.74. The average Bonchev–Trinajstić information content (AvgIpc) is 2.93. The molecule has 3 aliphatic carbocycles. The molecule has 1 amide bonds. The van der Waals surface area contributed by atoms with Crippen LogP contribution in [-0.4, -0.2) is 51.8 Å². The number of nitrogens with two attached hydrogens (primary N) is 1. The largest absolute Gasteiger partial charge is 0.403 e. The molecule has 152 valence electrons. The number of carbonyl (C=O) groups excluding carboxylic acids is 1. The van der Waals surface area contributed by atoms with Crippen LogP contribution in [0.4, 0.5) is 10.3 Å². The maximum Gasteiger partial charge on any atom is 0.229 e. The molecule has 8 heteroatoms. The molecule has 4 fully saturated rings. The van der Waals surface area contributed by atoms with Gasteiger partial charge in [-0.1, -0.05) is 6.08 Å². The van der Waals surface area contributed by atoms with Crippen LogP contribution in [0.5, 0.6) is 0 Å². The number of rotatable bonds is 5. The third-order valence-electron chi connectivity index (χ3n) is 6.74. The van der Waals surface area contributed by atoms with E-state index in [1.54, 1.807) is 19.5 Å². The molecule has 3 heterocycles. The molecule has 1 aromatic rings. The highest BCUT2D eigenvalue weighted by Gasteiger charge is 2.74. The summed E-state index contributed by atoms with van der Waals surface area (Å²) >= 11 is 0. The molecular formula is C21H25FN6O. The number of amides is 1. The first-order valence-electron chi connectivity index (χ1n) is 10.1. The Labute approximate surface area is 169 Å². The molecule has 5 aliphatic rings. The van der Waals surface area contributed by atoms with E-state index in [1.165, 1.54) is 6.20 Å². The van der Waals surface area contributed by atoms with Crippen LogP contribution in [0.1, 0.15) is 44.2 Å². The highest BCUT2D eigenvalue weighted by molar-refractivity contribution is 5.89. The molecule has 1 saturated heterocycles. The number of allylic oxidation sites excluding steroid dienone is 1. The van der Waals surface area contributed by atoms with Crippen molar-refractivity contribution in [3.05, 3.63) is 35.9 Å². The topological polar surface area (TPSA) is 96.5 Å². The van der Waals surface area contributed by atoms with Crippen molar-refractivity contribution < 1.29 is 9.18 Å². The molecule has 7 nitrogen and oxygen atoms in total. The van der Waals surface area contributed by atoms with E-state index in [2.05, 4.69) is 26.4 Å². The van der Waals surface area contributed by atoms with Gasteiger partial charge in [-0.2, -0.15) is 0 Å². The Kier molecular flexibility index (Phi) is 4.01. The fraction of sp³-hybridized carbons (Fsp3) is 0.524. The number of nitrogens with zero attached hydrogens (tertiary/aromatic N) is 4. The molecule has 0 radical (unpaired) electrons. The van der Waals surface area contributed by atoms with Crippen molar-refractivity contribution in [2.45, 2.75) is 56.3 Å². The molecule has 29 heavy (non-hydrogen) atoms. The molecule has 1 aromatic heterocycles. The van der Waals surface area contributed by atoms with E-state index < -0.39 is 11.1 Å². The lowest BCUT2D eigenvalue weighted by atomic mass is 9.41. The minimum atomic E-state index is -1.05. The summed E-state index contributed by atoms with van der Waals surface area (Å²) in [5, 5.41) is 3.06. The van der Waals surface area contributed by atoms with Crippen LogP contribution in [-0.2, 0) is 4.79 Å². The first-order chi connectivity index (χ1) is 14.0. The predicted octanol–water partition coefficient (Wildman–Crippen LogP) is 2.43. The molecule has 2 unspecified atom stereocenters. The number of anilines is 1. The normalized spacial score (nSPS) is 35.2. The molecule has 4 bridgehead atoms. The van der Waals surface area contributed by atoms with Gasteiger partial charge in [-0.25, -0.2) is 14.4 Å². The lowest BCUT2D eigenvalue weighted by Crippen LogP contribution is -2.71. The molecular weight excluding hydrogens is 371 g/mol. The molecule has 2 atom stereocenters. The van der Waals surface area contributed by atoms with E-state index in [-0.39, 0.29) is 18.0 Å². The van der Waals surface area contributed by atoms with Crippen molar-refractivity contribution in [1.29, 1.82) is 0 Å². The number of fused-ring (bicyclic) bond motifs is 2. The number of hydrogen-bond acceptors (Lipinski definition) is 6. The van der Waals surface area contributed by atoms with Gasteiger partial charge in [-0.3, -0.25) is 9.79 Å².